The van der Waals surface area contributed by atoms with E-state index < -0.39 is 6.09 Å². The molecule has 2 N–H and O–H groups in total. The highest BCUT2D eigenvalue weighted by atomic mass is 16.5. The number of piperazine rings is 1. The van der Waals surface area contributed by atoms with Crippen molar-refractivity contribution in [2.45, 2.75) is 32.2 Å². The summed E-state index contributed by atoms with van der Waals surface area (Å²) in [7, 11) is 2.16. The van der Waals surface area contributed by atoms with Gasteiger partial charge in [-0.05, 0) is 44.5 Å². The van der Waals surface area contributed by atoms with Crippen molar-refractivity contribution in [2.75, 3.05) is 44.7 Å². The SMILES string of the molecule is CN1CCN(c2ccc3ncc(-c4cnn(CCCCCCOC(N)=O)c4)nc3c2)CC1. The Bertz CT molecular complexity index is 1040. The number of anilines is 1. The number of ether oxygens (including phenoxy) is 1. The van der Waals surface area contributed by atoms with Gasteiger partial charge in [0, 0.05) is 50.2 Å². The molecule has 1 amide bonds. The molecule has 1 aromatic carbocycles. The van der Waals surface area contributed by atoms with Gasteiger partial charge in [-0.1, -0.05) is 6.42 Å². The van der Waals surface area contributed by atoms with Crippen LogP contribution in [0.15, 0.2) is 36.8 Å². The number of unbranched alkanes of at least 4 members (excludes halogenated alkanes) is 3. The molecule has 1 aliphatic heterocycles. The van der Waals surface area contributed by atoms with E-state index in [9.17, 15) is 4.79 Å². The molecule has 3 heterocycles. The van der Waals surface area contributed by atoms with Gasteiger partial charge in [-0.2, -0.15) is 5.10 Å². The Labute approximate surface area is 188 Å². The molecular weight excluding hydrogens is 406 g/mol. The lowest BCUT2D eigenvalue weighted by Gasteiger charge is -2.34. The van der Waals surface area contributed by atoms with Crippen molar-refractivity contribution in [1.29, 1.82) is 0 Å². The summed E-state index contributed by atoms with van der Waals surface area (Å²) >= 11 is 0. The van der Waals surface area contributed by atoms with Crippen LogP contribution in [0.25, 0.3) is 22.3 Å². The van der Waals surface area contributed by atoms with Gasteiger partial charge in [0.2, 0.25) is 0 Å². The number of nitrogens with zero attached hydrogens (tertiary/aromatic N) is 6. The van der Waals surface area contributed by atoms with Gasteiger partial charge in [-0.15, -0.1) is 0 Å². The molecule has 2 aromatic heterocycles. The largest absolute Gasteiger partial charge is 0.450 e. The van der Waals surface area contributed by atoms with E-state index in [0.717, 1.165) is 80.7 Å². The number of hydrogen-bond donors (Lipinski definition) is 1. The Balaban J connectivity index is 1.35. The van der Waals surface area contributed by atoms with E-state index in [1.807, 2.05) is 23.3 Å². The van der Waals surface area contributed by atoms with Gasteiger partial charge in [0.05, 0.1) is 35.7 Å². The van der Waals surface area contributed by atoms with Crippen LogP contribution in [0.4, 0.5) is 10.5 Å². The van der Waals surface area contributed by atoms with Gasteiger partial charge in [-0.25, -0.2) is 9.78 Å². The lowest BCUT2D eigenvalue weighted by Crippen LogP contribution is -2.44. The number of rotatable bonds is 9. The molecule has 0 radical (unpaired) electrons. The minimum atomic E-state index is -0.707. The van der Waals surface area contributed by atoms with E-state index in [-0.39, 0.29) is 0 Å². The van der Waals surface area contributed by atoms with Gasteiger partial charge >= 0.3 is 6.09 Å². The van der Waals surface area contributed by atoms with E-state index >= 15 is 0 Å². The quantitative estimate of drug-likeness (QED) is 0.514. The maximum atomic E-state index is 10.5. The van der Waals surface area contributed by atoms with Crippen molar-refractivity contribution in [3.63, 3.8) is 0 Å². The number of aromatic nitrogens is 4. The number of carbonyl (C=O) groups is 1. The van der Waals surface area contributed by atoms with Crippen LogP contribution in [-0.4, -0.2) is 70.6 Å². The van der Waals surface area contributed by atoms with Crippen LogP contribution in [-0.2, 0) is 11.3 Å². The highest BCUT2D eigenvalue weighted by Crippen LogP contribution is 2.24. The third kappa shape index (κ3) is 5.73. The van der Waals surface area contributed by atoms with E-state index in [4.69, 9.17) is 15.5 Å². The highest BCUT2D eigenvalue weighted by Gasteiger charge is 2.15. The van der Waals surface area contributed by atoms with E-state index in [1.54, 1.807) is 0 Å². The second-order valence-corrected chi connectivity index (χ2v) is 8.29. The third-order valence-electron chi connectivity index (χ3n) is 5.85. The molecule has 0 atom stereocenters. The molecule has 9 heteroatoms. The lowest BCUT2D eigenvalue weighted by molar-refractivity contribution is 0.154. The Hall–Kier alpha value is -3.20. The van der Waals surface area contributed by atoms with Crippen LogP contribution >= 0.6 is 0 Å². The summed E-state index contributed by atoms with van der Waals surface area (Å²) in [5.74, 6) is 0. The first-order valence-corrected chi connectivity index (χ1v) is 11.2. The van der Waals surface area contributed by atoms with Crippen molar-refractivity contribution in [1.82, 2.24) is 24.6 Å². The lowest BCUT2D eigenvalue weighted by atomic mass is 10.2. The summed E-state index contributed by atoms with van der Waals surface area (Å²) < 4.78 is 6.69. The third-order valence-corrected chi connectivity index (χ3v) is 5.85. The number of primary amides is 1. The number of carbonyl (C=O) groups excluding carboxylic acids is 1. The predicted molar refractivity (Wildman–Crippen MR) is 124 cm³/mol. The van der Waals surface area contributed by atoms with Crippen molar-refractivity contribution in [3.05, 3.63) is 36.8 Å². The standard InChI is InChI=1S/C23H31N7O2/c1-28-9-11-29(12-10-28)19-6-7-20-21(14-19)27-22(16-25-20)18-15-26-30(17-18)8-4-2-3-5-13-32-23(24)31/h6-7,14-17H,2-5,8-13H2,1H3,(H2,24,31). The molecule has 1 fully saturated rings. The molecular formula is C23H31N7O2. The van der Waals surface area contributed by atoms with Gasteiger partial charge in [0.15, 0.2) is 0 Å². The zero-order chi connectivity index (χ0) is 22.3. The zero-order valence-electron chi connectivity index (χ0n) is 18.6. The number of likely N-dealkylation sites (N-methyl/N-ethyl adjacent to an activating group) is 1. The molecule has 4 rings (SSSR count). The summed E-state index contributed by atoms with van der Waals surface area (Å²) in [6, 6.07) is 6.33. The number of aryl methyl sites for hydroxylation is 1. The summed E-state index contributed by atoms with van der Waals surface area (Å²) in [5, 5.41) is 4.48. The van der Waals surface area contributed by atoms with E-state index in [2.05, 4.69) is 45.1 Å². The van der Waals surface area contributed by atoms with Crippen molar-refractivity contribution < 1.29 is 9.53 Å². The molecule has 1 saturated heterocycles. The van der Waals surface area contributed by atoms with Crippen molar-refractivity contribution >= 4 is 22.8 Å². The van der Waals surface area contributed by atoms with Gasteiger partial charge in [0.25, 0.3) is 0 Å². The number of nitrogens with two attached hydrogens (primary N) is 1. The van der Waals surface area contributed by atoms with Gasteiger partial charge < -0.3 is 20.3 Å². The normalized spacial score (nSPS) is 14.7. The second-order valence-electron chi connectivity index (χ2n) is 8.29. The minimum absolute atomic E-state index is 0.387. The van der Waals surface area contributed by atoms with Gasteiger partial charge in [0.1, 0.15) is 0 Å². The first kappa shape index (κ1) is 22.0. The highest BCUT2D eigenvalue weighted by molar-refractivity contribution is 5.81. The first-order valence-electron chi connectivity index (χ1n) is 11.2. The summed E-state index contributed by atoms with van der Waals surface area (Å²) in [6.45, 7) is 5.43. The average molecular weight is 438 g/mol. The van der Waals surface area contributed by atoms with Crippen molar-refractivity contribution in [3.8, 4) is 11.3 Å². The van der Waals surface area contributed by atoms with E-state index in [0.29, 0.717) is 6.61 Å². The fourth-order valence-corrected chi connectivity index (χ4v) is 3.92. The molecule has 0 saturated carbocycles. The Kier molecular flexibility index (Phi) is 7.16. The summed E-state index contributed by atoms with van der Waals surface area (Å²) in [4.78, 5) is 24.8. The monoisotopic (exact) mass is 437 g/mol. The molecule has 32 heavy (non-hydrogen) atoms. The molecule has 0 unspecified atom stereocenters. The number of hydrogen-bond acceptors (Lipinski definition) is 7. The van der Waals surface area contributed by atoms with Crippen LogP contribution in [0.1, 0.15) is 25.7 Å². The van der Waals surface area contributed by atoms with Crippen LogP contribution in [0.5, 0.6) is 0 Å². The minimum Gasteiger partial charge on any atom is -0.450 e. The van der Waals surface area contributed by atoms with Crippen molar-refractivity contribution in [2.24, 2.45) is 5.73 Å². The number of benzene rings is 1. The van der Waals surface area contributed by atoms with Crippen LogP contribution in [0.2, 0.25) is 0 Å². The smallest absolute Gasteiger partial charge is 0.404 e. The van der Waals surface area contributed by atoms with Gasteiger partial charge in [-0.3, -0.25) is 9.67 Å². The molecule has 0 spiro atoms. The maximum Gasteiger partial charge on any atom is 0.404 e. The maximum absolute atomic E-state index is 10.5. The first-order chi connectivity index (χ1) is 15.6. The predicted octanol–water partition coefficient (Wildman–Crippen LogP) is 2.90. The Morgan fingerprint density at radius 3 is 2.69 bits per heavy atom. The number of amides is 1. The molecule has 1 aliphatic rings. The molecule has 0 bridgehead atoms. The molecule has 3 aromatic rings. The molecule has 0 aliphatic carbocycles. The average Bonchev–Trinajstić information content (AvgIpc) is 3.27. The number of fused-ring (bicyclic) bond motifs is 1. The van der Waals surface area contributed by atoms with Crippen LogP contribution in [0, 0.1) is 0 Å². The topological polar surface area (TPSA) is 102 Å². The summed E-state index contributed by atoms with van der Waals surface area (Å²) in [5.41, 5.74) is 9.77. The zero-order valence-corrected chi connectivity index (χ0v) is 18.6. The Morgan fingerprint density at radius 2 is 1.88 bits per heavy atom. The summed E-state index contributed by atoms with van der Waals surface area (Å²) in [6.07, 6.45) is 8.86. The fourth-order valence-electron chi connectivity index (χ4n) is 3.92. The fraction of sp³-hybridized carbons (Fsp3) is 0.478. The second kappa shape index (κ2) is 10.4. The van der Waals surface area contributed by atoms with Crippen LogP contribution in [0.3, 0.4) is 0 Å². The molecule has 170 valence electrons. The molecule has 9 nitrogen and oxygen atoms in total. The van der Waals surface area contributed by atoms with E-state index in [1.165, 1.54) is 5.69 Å². The Morgan fingerprint density at radius 1 is 1.06 bits per heavy atom. The van der Waals surface area contributed by atoms with Crippen LogP contribution < -0.4 is 10.6 Å².